The Bertz CT molecular complexity index is 647. The quantitative estimate of drug-likeness (QED) is 0.891. The fourth-order valence-electron chi connectivity index (χ4n) is 2.04. The van der Waals surface area contributed by atoms with Gasteiger partial charge in [0.25, 0.3) is 0 Å². The Hall–Kier alpha value is -2.54. The molecule has 0 spiro atoms. The maximum absolute atomic E-state index is 13.8. The topological polar surface area (TPSA) is 45.0 Å². The predicted molar refractivity (Wildman–Crippen MR) is 80.8 cm³/mol. The molecule has 1 N–H and O–H groups in total. The Labute approximate surface area is 124 Å². The Balaban J connectivity index is 2.09. The van der Waals surface area contributed by atoms with E-state index in [9.17, 15) is 4.39 Å². The lowest BCUT2D eigenvalue weighted by molar-refractivity contribution is 0.321. The number of halogens is 1. The normalized spacial score (nSPS) is 11.5. The van der Waals surface area contributed by atoms with Crippen LogP contribution in [0.3, 0.4) is 0 Å². The third kappa shape index (κ3) is 3.73. The minimum Gasteiger partial charge on any atom is -0.491 e. The fourth-order valence-corrected chi connectivity index (χ4v) is 2.04. The molecule has 0 aliphatic carbocycles. The van der Waals surface area contributed by atoms with Gasteiger partial charge < -0.3 is 10.1 Å². The molecule has 0 aliphatic rings. The van der Waals surface area contributed by atoms with Crippen LogP contribution in [0.15, 0.2) is 42.5 Å². The molecule has 0 aliphatic heterocycles. The van der Waals surface area contributed by atoms with E-state index in [1.807, 2.05) is 26.0 Å². The number of rotatable bonds is 5. The summed E-state index contributed by atoms with van der Waals surface area (Å²) in [5.74, 6) is -0.122. The van der Waals surface area contributed by atoms with Gasteiger partial charge >= 0.3 is 0 Å². The van der Waals surface area contributed by atoms with Gasteiger partial charge in [0.2, 0.25) is 0 Å². The maximum atomic E-state index is 13.8. The lowest BCUT2D eigenvalue weighted by atomic mass is 10.1. The molecule has 108 valence electrons. The van der Waals surface area contributed by atoms with E-state index in [0.717, 1.165) is 5.56 Å². The number of nitrogens with one attached hydrogen (secondary N) is 1. The maximum Gasteiger partial charge on any atom is 0.167 e. The van der Waals surface area contributed by atoms with Crippen molar-refractivity contribution >= 4 is 5.69 Å². The van der Waals surface area contributed by atoms with Crippen LogP contribution in [0.5, 0.6) is 5.75 Å². The molecule has 0 amide bonds. The summed E-state index contributed by atoms with van der Waals surface area (Å²) >= 11 is 0. The van der Waals surface area contributed by atoms with E-state index in [2.05, 4.69) is 11.4 Å². The summed E-state index contributed by atoms with van der Waals surface area (Å²) in [6.45, 7) is 4.24. The standard InChI is InChI=1S/C17H17FN2O/c1-3-21-17-9-8-15(10-16(17)18)20-12(2)14-6-4-13(11-19)5-7-14/h4-10,12,20H,3H2,1-2H3. The fraction of sp³-hybridized carbons (Fsp3) is 0.235. The summed E-state index contributed by atoms with van der Waals surface area (Å²) in [4.78, 5) is 0. The number of benzene rings is 2. The molecule has 2 aromatic carbocycles. The first-order chi connectivity index (χ1) is 10.1. The minimum atomic E-state index is -0.381. The van der Waals surface area contributed by atoms with Crippen molar-refractivity contribution in [2.75, 3.05) is 11.9 Å². The van der Waals surface area contributed by atoms with Crippen molar-refractivity contribution in [1.29, 1.82) is 5.26 Å². The zero-order valence-corrected chi connectivity index (χ0v) is 12.1. The zero-order valence-electron chi connectivity index (χ0n) is 12.1. The van der Waals surface area contributed by atoms with Crippen molar-refractivity contribution in [2.24, 2.45) is 0 Å². The van der Waals surface area contributed by atoms with Crippen LogP contribution in [-0.2, 0) is 0 Å². The van der Waals surface area contributed by atoms with Crippen molar-refractivity contribution in [2.45, 2.75) is 19.9 Å². The minimum absolute atomic E-state index is 0.00934. The highest BCUT2D eigenvalue weighted by Crippen LogP contribution is 2.24. The summed E-state index contributed by atoms with van der Waals surface area (Å²) in [6, 6.07) is 14.2. The molecule has 0 radical (unpaired) electrons. The first-order valence-corrected chi connectivity index (χ1v) is 6.83. The Kier molecular flexibility index (Phi) is 4.78. The molecule has 1 unspecified atom stereocenters. The van der Waals surface area contributed by atoms with E-state index in [0.29, 0.717) is 17.9 Å². The molecule has 4 heteroatoms. The molecule has 0 fully saturated rings. The molecule has 1 atom stereocenters. The lowest BCUT2D eigenvalue weighted by Crippen LogP contribution is -2.07. The summed E-state index contributed by atoms with van der Waals surface area (Å²) in [5, 5.41) is 12.0. The van der Waals surface area contributed by atoms with Crippen LogP contribution in [0.4, 0.5) is 10.1 Å². The molecule has 21 heavy (non-hydrogen) atoms. The van der Waals surface area contributed by atoms with Crippen LogP contribution in [0, 0.1) is 17.1 Å². The second kappa shape index (κ2) is 6.76. The Morgan fingerprint density at radius 1 is 1.24 bits per heavy atom. The second-order valence-corrected chi connectivity index (χ2v) is 4.68. The third-order valence-electron chi connectivity index (χ3n) is 3.15. The van der Waals surface area contributed by atoms with Gasteiger partial charge in [-0.15, -0.1) is 0 Å². The second-order valence-electron chi connectivity index (χ2n) is 4.68. The van der Waals surface area contributed by atoms with E-state index < -0.39 is 0 Å². The van der Waals surface area contributed by atoms with Gasteiger partial charge in [-0.25, -0.2) is 4.39 Å². The summed E-state index contributed by atoms with van der Waals surface area (Å²) in [5.41, 5.74) is 2.34. The molecule has 3 nitrogen and oxygen atoms in total. The first-order valence-electron chi connectivity index (χ1n) is 6.83. The van der Waals surface area contributed by atoms with Gasteiger partial charge in [0, 0.05) is 17.8 Å². The smallest absolute Gasteiger partial charge is 0.167 e. The van der Waals surface area contributed by atoms with Crippen LogP contribution >= 0.6 is 0 Å². The zero-order chi connectivity index (χ0) is 15.2. The average molecular weight is 284 g/mol. The molecule has 0 saturated carbocycles. The van der Waals surface area contributed by atoms with Crippen molar-refractivity contribution in [3.63, 3.8) is 0 Å². The predicted octanol–water partition coefficient (Wildman–Crippen LogP) is 4.27. The number of nitrogens with zero attached hydrogens (tertiary/aromatic N) is 1. The summed E-state index contributed by atoms with van der Waals surface area (Å²) in [6.07, 6.45) is 0. The van der Waals surface area contributed by atoms with Crippen molar-refractivity contribution in [3.05, 3.63) is 59.4 Å². The van der Waals surface area contributed by atoms with E-state index in [1.165, 1.54) is 6.07 Å². The van der Waals surface area contributed by atoms with Gasteiger partial charge in [0.05, 0.1) is 18.2 Å². The van der Waals surface area contributed by atoms with Crippen LogP contribution in [-0.4, -0.2) is 6.61 Å². The molecule has 0 aromatic heterocycles. The monoisotopic (exact) mass is 284 g/mol. The number of hydrogen-bond acceptors (Lipinski definition) is 3. The third-order valence-corrected chi connectivity index (χ3v) is 3.15. The van der Waals surface area contributed by atoms with Gasteiger partial charge in [0.15, 0.2) is 11.6 Å². The van der Waals surface area contributed by atoms with Crippen LogP contribution in [0.2, 0.25) is 0 Å². The lowest BCUT2D eigenvalue weighted by Gasteiger charge is -2.16. The van der Waals surface area contributed by atoms with Gasteiger partial charge in [-0.1, -0.05) is 12.1 Å². The van der Waals surface area contributed by atoms with Crippen LogP contribution in [0.25, 0.3) is 0 Å². The molecular weight excluding hydrogens is 267 g/mol. The summed E-state index contributed by atoms with van der Waals surface area (Å²) in [7, 11) is 0. The Morgan fingerprint density at radius 2 is 1.95 bits per heavy atom. The van der Waals surface area contributed by atoms with Crippen molar-refractivity contribution < 1.29 is 9.13 Å². The SMILES string of the molecule is CCOc1ccc(NC(C)c2ccc(C#N)cc2)cc1F. The van der Waals surface area contributed by atoms with Crippen LogP contribution in [0.1, 0.15) is 31.0 Å². The first kappa shape index (κ1) is 14.9. The van der Waals surface area contributed by atoms with Gasteiger partial charge in [-0.3, -0.25) is 0 Å². The molecule has 2 aromatic rings. The van der Waals surface area contributed by atoms with Crippen LogP contribution < -0.4 is 10.1 Å². The Morgan fingerprint density at radius 3 is 2.52 bits per heavy atom. The average Bonchev–Trinajstić information content (AvgIpc) is 2.50. The molecular formula is C17H17FN2O. The van der Waals surface area contributed by atoms with E-state index in [4.69, 9.17) is 10.00 Å². The molecule has 0 saturated heterocycles. The number of anilines is 1. The van der Waals surface area contributed by atoms with E-state index in [1.54, 1.807) is 24.3 Å². The number of ether oxygens (including phenoxy) is 1. The highest BCUT2D eigenvalue weighted by atomic mass is 19.1. The number of hydrogen-bond donors (Lipinski definition) is 1. The molecule has 2 rings (SSSR count). The molecule has 0 heterocycles. The van der Waals surface area contributed by atoms with Gasteiger partial charge in [-0.2, -0.15) is 5.26 Å². The van der Waals surface area contributed by atoms with Gasteiger partial charge in [-0.05, 0) is 43.7 Å². The summed E-state index contributed by atoms with van der Waals surface area (Å²) < 4.78 is 19.0. The van der Waals surface area contributed by atoms with Crippen molar-refractivity contribution in [1.82, 2.24) is 0 Å². The highest BCUT2D eigenvalue weighted by Gasteiger charge is 2.08. The van der Waals surface area contributed by atoms with E-state index >= 15 is 0 Å². The largest absolute Gasteiger partial charge is 0.491 e. The molecule has 0 bridgehead atoms. The van der Waals surface area contributed by atoms with E-state index in [-0.39, 0.29) is 17.6 Å². The van der Waals surface area contributed by atoms with Gasteiger partial charge in [0.1, 0.15) is 0 Å². The highest BCUT2D eigenvalue weighted by molar-refractivity contribution is 5.49. The number of nitriles is 1. The van der Waals surface area contributed by atoms with Crippen molar-refractivity contribution in [3.8, 4) is 11.8 Å².